The number of carboxylic acids is 1. The lowest BCUT2D eigenvalue weighted by molar-refractivity contribution is -0.132. The molecule has 1 N–H and O–H groups in total. The highest BCUT2D eigenvalue weighted by Crippen LogP contribution is 2.34. The molecule has 0 saturated carbocycles. The summed E-state index contributed by atoms with van der Waals surface area (Å²) in [5.74, 6) is -0.156. The summed E-state index contributed by atoms with van der Waals surface area (Å²) in [6.45, 7) is 0.121. The van der Waals surface area contributed by atoms with Crippen LogP contribution in [0.4, 0.5) is 0 Å². The van der Waals surface area contributed by atoms with Crippen LogP contribution in [0.2, 0.25) is 0 Å². The maximum absolute atomic E-state index is 10.9. The minimum atomic E-state index is -0.927. The number of fused-ring (bicyclic) bond motifs is 3. The molecule has 0 amide bonds. The molecule has 0 atom stereocenters. The van der Waals surface area contributed by atoms with E-state index in [9.17, 15) is 4.79 Å². The molecule has 0 radical (unpaired) electrons. The number of hydrogen-bond acceptors (Lipinski definition) is 2. The number of aliphatic carboxylic acids is 1. The van der Waals surface area contributed by atoms with Crippen LogP contribution in [0.3, 0.4) is 0 Å². The Hall–Kier alpha value is -2.29. The Bertz CT molecular complexity index is 641. The van der Waals surface area contributed by atoms with Crippen molar-refractivity contribution in [3.8, 4) is 5.75 Å². The van der Waals surface area contributed by atoms with E-state index in [0.29, 0.717) is 0 Å². The van der Waals surface area contributed by atoms with Gasteiger partial charge in [0.25, 0.3) is 0 Å². The second-order valence-corrected chi connectivity index (χ2v) is 3.97. The monoisotopic (exact) mass is 226 g/mol. The van der Waals surface area contributed by atoms with E-state index in [0.717, 1.165) is 22.1 Å². The summed E-state index contributed by atoms with van der Waals surface area (Å²) in [6.07, 6.45) is 1.67. The minimum Gasteiger partial charge on any atom is -0.487 e. The Morgan fingerprint density at radius 3 is 2.82 bits per heavy atom. The molecule has 3 nitrogen and oxygen atoms in total. The fraction of sp³-hybridized carbons (Fsp3) is 0.0714. The molecular weight excluding hydrogens is 216 g/mol. The van der Waals surface area contributed by atoms with Gasteiger partial charge in [-0.2, -0.15) is 0 Å². The van der Waals surface area contributed by atoms with Gasteiger partial charge in [-0.25, -0.2) is 4.79 Å². The molecule has 0 unspecified atom stereocenters. The van der Waals surface area contributed by atoms with Crippen LogP contribution in [0.25, 0.3) is 16.8 Å². The Morgan fingerprint density at radius 2 is 2.00 bits per heavy atom. The summed E-state index contributed by atoms with van der Waals surface area (Å²) >= 11 is 0. The van der Waals surface area contributed by atoms with Gasteiger partial charge in [-0.1, -0.05) is 36.4 Å². The van der Waals surface area contributed by atoms with Gasteiger partial charge in [-0.3, -0.25) is 0 Å². The van der Waals surface area contributed by atoms with Crippen molar-refractivity contribution < 1.29 is 14.6 Å². The van der Waals surface area contributed by atoms with Gasteiger partial charge in [0.1, 0.15) is 12.4 Å². The number of hydrogen-bond donors (Lipinski definition) is 1. The van der Waals surface area contributed by atoms with E-state index in [1.807, 2.05) is 36.4 Å². The number of carboxylic acid groups (broad SMARTS) is 1. The van der Waals surface area contributed by atoms with Gasteiger partial charge in [0.2, 0.25) is 0 Å². The van der Waals surface area contributed by atoms with Crippen LogP contribution in [0.5, 0.6) is 5.75 Å². The zero-order valence-corrected chi connectivity index (χ0v) is 9.01. The number of benzene rings is 2. The van der Waals surface area contributed by atoms with Crippen molar-refractivity contribution in [2.24, 2.45) is 0 Å². The van der Waals surface area contributed by atoms with Crippen molar-refractivity contribution in [2.75, 3.05) is 6.61 Å². The molecular formula is C14H10O3. The largest absolute Gasteiger partial charge is 0.487 e. The van der Waals surface area contributed by atoms with Crippen molar-refractivity contribution >= 4 is 22.8 Å². The summed E-state index contributed by atoms with van der Waals surface area (Å²) in [7, 11) is 0. The Kier molecular flexibility index (Phi) is 2.11. The first kappa shape index (κ1) is 9.90. The average molecular weight is 226 g/mol. The fourth-order valence-corrected chi connectivity index (χ4v) is 2.04. The lowest BCUT2D eigenvalue weighted by Crippen LogP contribution is -2.14. The van der Waals surface area contributed by atoms with E-state index in [-0.39, 0.29) is 12.2 Å². The predicted molar refractivity (Wildman–Crippen MR) is 65.1 cm³/mol. The van der Waals surface area contributed by atoms with Crippen LogP contribution in [-0.4, -0.2) is 17.7 Å². The lowest BCUT2D eigenvalue weighted by Gasteiger charge is -2.17. The molecule has 0 aliphatic carbocycles. The molecule has 1 heterocycles. The molecule has 2 aromatic carbocycles. The van der Waals surface area contributed by atoms with Crippen molar-refractivity contribution in [1.82, 2.24) is 0 Å². The predicted octanol–water partition coefficient (Wildman–Crippen LogP) is 2.70. The molecule has 0 fully saturated rings. The van der Waals surface area contributed by atoms with Gasteiger partial charge in [0.05, 0.1) is 5.57 Å². The number of ether oxygens (including phenoxy) is 1. The Morgan fingerprint density at radius 1 is 1.18 bits per heavy atom. The first-order chi connectivity index (χ1) is 8.25. The zero-order valence-electron chi connectivity index (χ0n) is 9.01. The smallest absolute Gasteiger partial charge is 0.335 e. The van der Waals surface area contributed by atoms with E-state index in [1.54, 1.807) is 6.08 Å². The molecule has 17 heavy (non-hydrogen) atoms. The summed E-state index contributed by atoms with van der Waals surface area (Å²) < 4.78 is 5.56. The Balaban J connectivity index is 2.24. The normalized spacial score (nSPS) is 13.8. The van der Waals surface area contributed by atoms with Crippen molar-refractivity contribution in [3.05, 3.63) is 47.5 Å². The fourth-order valence-electron chi connectivity index (χ4n) is 2.04. The van der Waals surface area contributed by atoms with Crippen molar-refractivity contribution in [3.63, 3.8) is 0 Å². The molecule has 3 rings (SSSR count). The van der Waals surface area contributed by atoms with Crippen molar-refractivity contribution in [2.45, 2.75) is 0 Å². The van der Waals surface area contributed by atoms with E-state index in [2.05, 4.69) is 0 Å². The van der Waals surface area contributed by atoms with Gasteiger partial charge in [0.15, 0.2) is 0 Å². The lowest BCUT2D eigenvalue weighted by atomic mass is 10.0. The number of carbonyl (C=O) groups is 1. The highest BCUT2D eigenvalue weighted by molar-refractivity contribution is 5.98. The molecule has 0 spiro atoms. The zero-order chi connectivity index (χ0) is 11.8. The molecule has 1 aliphatic rings. The van der Waals surface area contributed by atoms with E-state index in [1.165, 1.54) is 0 Å². The maximum Gasteiger partial charge on any atom is 0.335 e. The van der Waals surface area contributed by atoms with Crippen LogP contribution in [0.15, 0.2) is 42.0 Å². The summed E-state index contributed by atoms with van der Waals surface area (Å²) in [6, 6.07) is 11.8. The maximum atomic E-state index is 10.9. The van der Waals surface area contributed by atoms with Crippen LogP contribution in [0.1, 0.15) is 5.56 Å². The van der Waals surface area contributed by atoms with E-state index < -0.39 is 5.97 Å². The third-order valence-corrected chi connectivity index (χ3v) is 2.89. The highest BCUT2D eigenvalue weighted by atomic mass is 16.5. The summed E-state index contributed by atoms with van der Waals surface area (Å²) in [5.41, 5.74) is 1.11. The third-order valence-electron chi connectivity index (χ3n) is 2.89. The quantitative estimate of drug-likeness (QED) is 0.813. The highest BCUT2D eigenvalue weighted by Gasteiger charge is 2.17. The summed E-state index contributed by atoms with van der Waals surface area (Å²) in [5, 5.41) is 11.0. The first-order valence-corrected chi connectivity index (χ1v) is 5.34. The van der Waals surface area contributed by atoms with Crippen LogP contribution in [-0.2, 0) is 4.79 Å². The van der Waals surface area contributed by atoms with E-state index >= 15 is 0 Å². The molecule has 2 aromatic rings. The molecule has 0 bridgehead atoms. The van der Waals surface area contributed by atoms with Gasteiger partial charge < -0.3 is 9.84 Å². The molecule has 1 aliphatic heterocycles. The SMILES string of the molecule is O=C(O)C1=Cc2ccc3ccccc3c2OC1. The number of rotatable bonds is 1. The Labute approximate surface area is 97.9 Å². The second kappa shape index (κ2) is 3.63. The van der Waals surface area contributed by atoms with Gasteiger partial charge in [0, 0.05) is 10.9 Å². The standard InChI is InChI=1S/C14H10O3/c15-14(16)11-7-10-6-5-9-3-1-2-4-12(9)13(10)17-8-11/h1-7H,8H2,(H,15,16). The van der Waals surface area contributed by atoms with Gasteiger partial charge in [-0.05, 0) is 11.5 Å². The second-order valence-electron chi connectivity index (χ2n) is 3.97. The van der Waals surface area contributed by atoms with Gasteiger partial charge >= 0.3 is 5.97 Å². The minimum absolute atomic E-state index is 0.121. The topological polar surface area (TPSA) is 46.5 Å². The van der Waals surface area contributed by atoms with E-state index in [4.69, 9.17) is 9.84 Å². The van der Waals surface area contributed by atoms with Gasteiger partial charge in [-0.15, -0.1) is 0 Å². The van der Waals surface area contributed by atoms with Crippen LogP contribution >= 0.6 is 0 Å². The molecule has 0 saturated heterocycles. The third kappa shape index (κ3) is 1.56. The molecule has 3 heteroatoms. The summed E-state index contributed by atoms with van der Waals surface area (Å²) in [4.78, 5) is 10.9. The van der Waals surface area contributed by atoms with Crippen molar-refractivity contribution in [1.29, 1.82) is 0 Å². The van der Waals surface area contributed by atoms with Crippen LogP contribution in [0, 0.1) is 0 Å². The average Bonchev–Trinajstić information content (AvgIpc) is 2.38. The van der Waals surface area contributed by atoms with Crippen LogP contribution < -0.4 is 4.74 Å². The molecule has 84 valence electrons. The first-order valence-electron chi connectivity index (χ1n) is 5.34. The molecule has 0 aromatic heterocycles.